The number of aromatic nitrogens is 1. The third-order valence-electron chi connectivity index (χ3n) is 11.4. The van der Waals surface area contributed by atoms with Gasteiger partial charge in [0.15, 0.2) is 0 Å². The standard InChI is InChI=1S/C50H29N3S2/c51-49(38-20-11-23-43-44(38)36-18-7-9-21-41(36)54-43)47-37-19-8-10-22-42(37)55-50(47)52-28-53-39-26-24-29-12-1-2-13-30(29)46(39)48-40(53)27-25-35-33-16-4-3-14-31(33)32-15-5-6-17-34(32)45(35)48/h1-28,51H. The maximum absolute atomic E-state index is 9.88. The number of hydrogen-bond donors (Lipinski definition) is 1. The summed E-state index contributed by atoms with van der Waals surface area (Å²) in [6.07, 6.45) is 2.00. The van der Waals surface area contributed by atoms with E-state index in [1.165, 1.54) is 68.6 Å². The van der Waals surface area contributed by atoms with Crippen molar-refractivity contribution in [1.29, 1.82) is 5.41 Å². The lowest BCUT2D eigenvalue weighted by Crippen LogP contribution is -2.02. The molecule has 0 saturated carbocycles. The van der Waals surface area contributed by atoms with Gasteiger partial charge in [-0.3, -0.25) is 9.98 Å². The number of thiophene rings is 2. The van der Waals surface area contributed by atoms with Gasteiger partial charge in [0.1, 0.15) is 11.3 Å². The molecule has 0 unspecified atom stereocenters. The molecule has 0 fully saturated rings. The maximum atomic E-state index is 9.88. The highest BCUT2D eigenvalue weighted by molar-refractivity contribution is 7.26. The fourth-order valence-corrected chi connectivity index (χ4v) is 11.2. The molecule has 3 aromatic heterocycles. The van der Waals surface area contributed by atoms with Crippen LogP contribution in [0.1, 0.15) is 11.1 Å². The summed E-state index contributed by atoms with van der Waals surface area (Å²) in [5.74, 6) is 0. The average molecular weight is 736 g/mol. The van der Waals surface area contributed by atoms with Gasteiger partial charge in [0.25, 0.3) is 0 Å². The predicted molar refractivity (Wildman–Crippen MR) is 240 cm³/mol. The van der Waals surface area contributed by atoms with Crippen LogP contribution in [0.3, 0.4) is 0 Å². The molecule has 0 atom stereocenters. The minimum atomic E-state index is 0.497. The van der Waals surface area contributed by atoms with Gasteiger partial charge >= 0.3 is 0 Å². The van der Waals surface area contributed by atoms with Crippen molar-refractivity contribution in [3.63, 3.8) is 0 Å². The van der Waals surface area contributed by atoms with Crippen molar-refractivity contribution in [3.05, 3.63) is 175 Å². The normalized spacial score (nSPS) is 12.4. The van der Waals surface area contributed by atoms with Crippen LogP contribution in [0, 0.1) is 5.41 Å². The molecular formula is C50H29N3S2. The predicted octanol–water partition coefficient (Wildman–Crippen LogP) is 14.6. The summed E-state index contributed by atoms with van der Waals surface area (Å²) < 4.78 is 5.82. The van der Waals surface area contributed by atoms with E-state index in [1.807, 2.05) is 6.34 Å². The van der Waals surface area contributed by atoms with Crippen molar-refractivity contribution in [2.24, 2.45) is 4.99 Å². The lowest BCUT2D eigenvalue weighted by Gasteiger charge is -2.12. The minimum absolute atomic E-state index is 0.497. The highest BCUT2D eigenvalue weighted by Gasteiger charge is 2.22. The zero-order valence-electron chi connectivity index (χ0n) is 29.4. The number of benzene rings is 9. The van der Waals surface area contributed by atoms with Crippen LogP contribution >= 0.6 is 22.7 Å². The van der Waals surface area contributed by atoms with Crippen LogP contribution in [0.5, 0.6) is 0 Å². The number of nitrogens with one attached hydrogen (secondary N) is 1. The van der Waals surface area contributed by atoms with Gasteiger partial charge in [-0.05, 0) is 68.0 Å². The zero-order valence-corrected chi connectivity index (χ0v) is 31.0. The van der Waals surface area contributed by atoms with Gasteiger partial charge in [-0.15, -0.1) is 22.7 Å². The molecule has 3 nitrogen and oxygen atoms in total. The van der Waals surface area contributed by atoms with Gasteiger partial charge in [0.2, 0.25) is 0 Å². The summed E-state index contributed by atoms with van der Waals surface area (Å²) in [5.41, 5.74) is 4.51. The Balaban J connectivity index is 1.15. The molecule has 12 aromatic rings. The van der Waals surface area contributed by atoms with Crippen molar-refractivity contribution < 1.29 is 0 Å². The molecule has 55 heavy (non-hydrogen) atoms. The molecular weight excluding hydrogens is 707 g/mol. The highest BCUT2D eigenvalue weighted by atomic mass is 32.1. The SMILES string of the molecule is N=C(c1c(N=Cn2c3ccc4ccccc4c3c3c4c5ccccc5c5ccccc5c4ccc32)sc2ccccc12)c1cccc2sc3ccccc3c12. The Labute approximate surface area is 323 Å². The molecule has 12 rings (SSSR count). The molecule has 0 aliphatic rings. The number of rotatable bonds is 4. The molecule has 9 aromatic carbocycles. The maximum Gasteiger partial charge on any atom is 0.128 e. The summed E-state index contributed by atoms with van der Waals surface area (Å²) in [4.78, 5) is 5.35. The van der Waals surface area contributed by atoms with Crippen molar-refractivity contribution in [1.82, 2.24) is 4.57 Å². The largest absolute Gasteiger partial charge is 0.300 e. The summed E-state index contributed by atoms with van der Waals surface area (Å²) >= 11 is 3.43. The first-order valence-electron chi connectivity index (χ1n) is 18.5. The number of hydrogen-bond acceptors (Lipinski definition) is 4. The smallest absolute Gasteiger partial charge is 0.128 e. The van der Waals surface area contributed by atoms with Gasteiger partial charge in [-0.25, -0.2) is 4.99 Å². The Hall–Kier alpha value is -6.66. The first-order valence-corrected chi connectivity index (χ1v) is 20.1. The molecule has 256 valence electrons. The molecule has 0 bridgehead atoms. The van der Waals surface area contributed by atoms with Gasteiger partial charge in [0, 0.05) is 57.5 Å². The number of nitrogens with zero attached hydrogens (tertiary/aromatic N) is 2. The van der Waals surface area contributed by atoms with E-state index in [9.17, 15) is 5.41 Å². The van der Waals surface area contributed by atoms with Crippen molar-refractivity contribution in [2.75, 3.05) is 0 Å². The van der Waals surface area contributed by atoms with Gasteiger partial charge in [-0.1, -0.05) is 133 Å². The molecule has 0 amide bonds. The van der Waals surface area contributed by atoms with Crippen molar-refractivity contribution in [3.8, 4) is 0 Å². The number of fused-ring (bicyclic) bond motifs is 16. The van der Waals surface area contributed by atoms with E-state index in [0.717, 1.165) is 42.6 Å². The lowest BCUT2D eigenvalue weighted by atomic mass is 9.91. The highest BCUT2D eigenvalue weighted by Crippen LogP contribution is 2.45. The van der Waals surface area contributed by atoms with Crippen LogP contribution in [0.2, 0.25) is 0 Å². The van der Waals surface area contributed by atoms with E-state index in [1.54, 1.807) is 22.7 Å². The summed E-state index contributed by atoms with van der Waals surface area (Å²) in [7, 11) is 0. The monoisotopic (exact) mass is 735 g/mol. The van der Waals surface area contributed by atoms with Gasteiger partial charge in [-0.2, -0.15) is 0 Å². The van der Waals surface area contributed by atoms with Crippen LogP contribution in [-0.4, -0.2) is 16.6 Å². The minimum Gasteiger partial charge on any atom is -0.300 e. The van der Waals surface area contributed by atoms with Crippen LogP contribution in [-0.2, 0) is 0 Å². The van der Waals surface area contributed by atoms with E-state index in [-0.39, 0.29) is 0 Å². The van der Waals surface area contributed by atoms with Crippen LogP contribution in [0.15, 0.2) is 169 Å². The quantitative estimate of drug-likeness (QED) is 0.106. The Bertz CT molecular complexity index is 3600. The van der Waals surface area contributed by atoms with E-state index in [2.05, 4.69) is 168 Å². The summed E-state index contributed by atoms with van der Waals surface area (Å²) in [5, 5.41) is 26.5. The Morgan fingerprint density at radius 1 is 0.436 bits per heavy atom. The first kappa shape index (κ1) is 30.8. The Morgan fingerprint density at radius 3 is 1.78 bits per heavy atom. The molecule has 0 spiro atoms. The molecule has 0 aliphatic heterocycles. The molecule has 5 heteroatoms. The molecule has 1 N–H and O–H groups in total. The van der Waals surface area contributed by atoms with Crippen molar-refractivity contribution >= 4 is 135 Å². The Kier molecular flexibility index (Phi) is 6.53. The third-order valence-corrected chi connectivity index (χ3v) is 13.6. The van der Waals surface area contributed by atoms with E-state index in [0.29, 0.717) is 5.71 Å². The van der Waals surface area contributed by atoms with Crippen LogP contribution in [0.4, 0.5) is 5.00 Å². The first-order chi connectivity index (χ1) is 27.2. The molecule has 0 saturated heterocycles. The van der Waals surface area contributed by atoms with Gasteiger partial charge in [0.05, 0.1) is 16.7 Å². The fraction of sp³-hybridized carbons (Fsp3) is 0. The molecule has 0 aliphatic carbocycles. The fourth-order valence-electron chi connectivity index (χ4n) is 9.01. The molecule has 0 radical (unpaired) electrons. The van der Waals surface area contributed by atoms with Crippen molar-refractivity contribution in [2.45, 2.75) is 0 Å². The Morgan fingerprint density at radius 2 is 1.00 bits per heavy atom. The summed E-state index contributed by atoms with van der Waals surface area (Å²) in [6.45, 7) is 0. The van der Waals surface area contributed by atoms with E-state index in [4.69, 9.17) is 4.99 Å². The lowest BCUT2D eigenvalue weighted by molar-refractivity contribution is 1.31. The zero-order chi connectivity index (χ0) is 36.2. The topological polar surface area (TPSA) is 41.1 Å². The average Bonchev–Trinajstić information content (AvgIpc) is 3.92. The second kappa shape index (κ2) is 11.7. The van der Waals surface area contributed by atoms with Crippen LogP contribution < -0.4 is 0 Å². The third kappa shape index (κ3) is 4.36. The molecule has 3 heterocycles. The summed E-state index contributed by atoms with van der Waals surface area (Å²) in [6, 6.07) is 58.7. The van der Waals surface area contributed by atoms with Crippen LogP contribution in [0.25, 0.3) is 95.2 Å². The van der Waals surface area contributed by atoms with E-state index >= 15 is 0 Å². The number of aliphatic imine (C=N–C) groups is 1. The van der Waals surface area contributed by atoms with Gasteiger partial charge < -0.3 is 0 Å². The van der Waals surface area contributed by atoms with E-state index < -0.39 is 0 Å². The second-order valence-corrected chi connectivity index (χ2v) is 16.3. The second-order valence-electron chi connectivity index (χ2n) is 14.2.